The lowest BCUT2D eigenvalue weighted by atomic mass is 10.1. The molecule has 2 N–H and O–H groups in total. The van der Waals surface area contributed by atoms with Gasteiger partial charge in [-0.05, 0) is 44.1 Å². The van der Waals surface area contributed by atoms with Crippen LogP contribution in [-0.4, -0.2) is 34.5 Å². The number of hydrogen-bond acceptors (Lipinski definition) is 4. The van der Waals surface area contributed by atoms with Gasteiger partial charge in [-0.3, -0.25) is 4.68 Å². The third-order valence-electron chi connectivity index (χ3n) is 4.18. The summed E-state index contributed by atoms with van der Waals surface area (Å²) < 4.78 is 6.74. The van der Waals surface area contributed by atoms with Gasteiger partial charge < -0.3 is 15.4 Å². The predicted octanol–water partition coefficient (Wildman–Crippen LogP) is 3.42. The lowest BCUT2D eigenvalue weighted by Gasteiger charge is -2.12. The molecule has 1 aromatic heterocycles. The number of nitrogens with zero attached hydrogens (tertiary/aromatic N) is 2. The molecular weight excluding hydrogens is 348 g/mol. The van der Waals surface area contributed by atoms with Gasteiger partial charge in [-0.15, -0.1) is 0 Å². The maximum atomic E-state index is 12.0. The number of hydrogen-bond donors (Lipinski definition) is 2. The van der Waals surface area contributed by atoms with Crippen molar-refractivity contribution in [3.8, 4) is 0 Å². The highest BCUT2D eigenvalue weighted by atomic mass is 32.1. The lowest BCUT2D eigenvalue weighted by molar-refractivity contribution is 0.0599. The van der Waals surface area contributed by atoms with E-state index in [-0.39, 0.29) is 5.97 Å². The summed E-state index contributed by atoms with van der Waals surface area (Å²) in [5.74, 6) is -0.346. The van der Waals surface area contributed by atoms with Crippen LogP contribution in [-0.2, 0) is 11.3 Å². The molecule has 0 aliphatic rings. The van der Waals surface area contributed by atoms with E-state index < -0.39 is 0 Å². The third kappa shape index (κ3) is 4.82. The number of aromatic nitrogens is 2. The summed E-state index contributed by atoms with van der Waals surface area (Å²) in [6.45, 7) is 7.39. The number of methoxy groups -OCH3 is 1. The van der Waals surface area contributed by atoms with Crippen molar-refractivity contribution in [1.29, 1.82) is 0 Å². The van der Waals surface area contributed by atoms with E-state index in [1.807, 2.05) is 36.7 Å². The Labute approximate surface area is 159 Å². The molecule has 0 aliphatic carbocycles. The number of unbranched alkanes of at least 4 members (excludes halogenated alkanes) is 1. The first kappa shape index (κ1) is 19.9. The number of esters is 1. The number of benzene rings is 1. The second-order valence-corrected chi connectivity index (χ2v) is 6.49. The number of carbonyl (C=O) groups excluding carboxylic acids is 1. The maximum Gasteiger partial charge on any atom is 0.338 e. The van der Waals surface area contributed by atoms with Crippen LogP contribution in [0.1, 0.15) is 47.1 Å². The average Bonchev–Trinajstić information content (AvgIpc) is 2.89. The van der Waals surface area contributed by atoms with E-state index in [0.29, 0.717) is 17.2 Å². The second-order valence-electron chi connectivity index (χ2n) is 6.09. The zero-order valence-electron chi connectivity index (χ0n) is 15.8. The van der Waals surface area contributed by atoms with Crippen LogP contribution in [0.5, 0.6) is 0 Å². The molecule has 0 saturated heterocycles. The summed E-state index contributed by atoms with van der Waals surface area (Å²) in [5.41, 5.74) is 4.13. The molecule has 0 saturated carbocycles. The summed E-state index contributed by atoms with van der Waals surface area (Å²) >= 11 is 5.36. The molecule has 0 fully saturated rings. The summed E-state index contributed by atoms with van der Waals surface area (Å²) in [6, 6.07) is 7.40. The Bertz CT molecular complexity index is 786. The van der Waals surface area contributed by atoms with Gasteiger partial charge in [-0.1, -0.05) is 31.5 Å². The molecule has 0 unspecified atom stereocenters. The quantitative estimate of drug-likeness (QED) is 0.440. The smallest absolute Gasteiger partial charge is 0.338 e. The van der Waals surface area contributed by atoms with E-state index in [0.717, 1.165) is 42.0 Å². The lowest BCUT2D eigenvalue weighted by Crippen LogP contribution is -2.29. The number of carbonyl (C=O) groups is 1. The molecule has 0 atom stereocenters. The highest BCUT2D eigenvalue weighted by molar-refractivity contribution is 7.80. The zero-order chi connectivity index (χ0) is 19.1. The Morgan fingerprint density at radius 1 is 1.31 bits per heavy atom. The molecule has 1 heterocycles. The fourth-order valence-electron chi connectivity index (χ4n) is 2.70. The number of nitrogens with one attached hydrogen (secondary N) is 2. The average molecular weight is 375 g/mol. The van der Waals surface area contributed by atoms with Crippen LogP contribution < -0.4 is 10.6 Å². The fourth-order valence-corrected chi connectivity index (χ4v) is 2.90. The van der Waals surface area contributed by atoms with Crippen LogP contribution in [0.2, 0.25) is 0 Å². The van der Waals surface area contributed by atoms with Gasteiger partial charge in [0, 0.05) is 6.54 Å². The normalized spacial score (nSPS) is 10.5. The number of rotatable bonds is 7. The molecule has 0 aliphatic heterocycles. The van der Waals surface area contributed by atoms with Gasteiger partial charge in [-0.25, -0.2) is 4.79 Å². The van der Waals surface area contributed by atoms with E-state index in [4.69, 9.17) is 17.0 Å². The first-order chi connectivity index (χ1) is 12.5. The monoisotopic (exact) mass is 374 g/mol. The van der Waals surface area contributed by atoms with Crippen molar-refractivity contribution >= 4 is 29.0 Å². The second kappa shape index (κ2) is 9.33. The van der Waals surface area contributed by atoms with Crippen molar-refractivity contribution in [2.45, 2.75) is 40.2 Å². The number of thiocarbonyl (C=S) groups is 1. The largest absolute Gasteiger partial charge is 0.465 e. The van der Waals surface area contributed by atoms with E-state index in [1.54, 1.807) is 6.07 Å². The van der Waals surface area contributed by atoms with Crippen LogP contribution in [0.25, 0.3) is 0 Å². The highest BCUT2D eigenvalue weighted by Gasteiger charge is 2.16. The van der Waals surface area contributed by atoms with Crippen molar-refractivity contribution in [3.05, 3.63) is 46.8 Å². The minimum Gasteiger partial charge on any atom is -0.465 e. The Hall–Kier alpha value is -2.41. The van der Waals surface area contributed by atoms with Crippen molar-refractivity contribution in [2.75, 3.05) is 19.0 Å². The molecule has 2 aromatic rings. The molecule has 0 radical (unpaired) electrons. The molecule has 1 aromatic carbocycles. The van der Waals surface area contributed by atoms with Gasteiger partial charge in [0.05, 0.1) is 36.3 Å². The molecule has 0 amide bonds. The molecule has 0 spiro atoms. The number of ether oxygens (including phenoxy) is 1. The van der Waals surface area contributed by atoms with Crippen LogP contribution >= 0.6 is 12.2 Å². The molecule has 7 heteroatoms. The van der Waals surface area contributed by atoms with Crippen molar-refractivity contribution in [2.24, 2.45) is 0 Å². The Morgan fingerprint density at radius 3 is 2.73 bits per heavy atom. The Kier molecular flexibility index (Phi) is 7.15. The number of aryl methyl sites for hydroxylation is 1. The van der Waals surface area contributed by atoms with Gasteiger partial charge in [0.1, 0.15) is 0 Å². The van der Waals surface area contributed by atoms with E-state index in [1.165, 1.54) is 7.11 Å². The zero-order valence-corrected chi connectivity index (χ0v) is 16.6. The predicted molar refractivity (Wildman–Crippen MR) is 108 cm³/mol. The molecule has 2 rings (SSSR count). The summed E-state index contributed by atoms with van der Waals surface area (Å²) in [6.07, 6.45) is 2.19. The minimum absolute atomic E-state index is 0.346. The van der Waals surface area contributed by atoms with Gasteiger partial charge in [0.25, 0.3) is 0 Å². The summed E-state index contributed by atoms with van der Waals surface area (Å²) in [4.78, 5) is 12.0. The fraction of sp³-hybridized carbons (Fsp3) is 0.421. The van der Waals surface area contributed by atoms with E-state index in [2.05, 4.69) is 22.7 Å². The van der Waals surface area contributed by atoms with E-state index >= 15 is 0 Å². The summed E-state index contributed by atoms with van der Waals surface area (Å²) in [7, 11) is 1.39. The first-order valence-electron chi connectivity index (χ1n) is 8.73. The van der Waals surface area contributed by atoms with Gasteiger partial charge in [0.2, 0.25) is 0 Å². The van der Waals surface area contributed by atoms with Gasteiger partial charge in [0.15, 0.2) is 5.11 Å². The van der Waals surface area contributed by atoms with Crippen LogP contribution in [0.3, 0.4) is 0 Å². The number of anilines is 1. The summed E-state index contributed by atoms with van der Waals surface area (Å²) in [5, 5.41) is 11.6. The SMILES string of the molecule is CCCCNC(=S)Nc1c(C)nn(Cc2ccccc2C(=O)OC)c1C. The van der Waals surface area contributed by atoms with Crippen molar-refractivity contribution < 1.29 is 9.53 Å². The van der Waals surface area contributed by atoms with Crippen molar-refractivity contribution in [3.63, 3.8) is 0 Å². The van der Waals surface area contributed by atoms with Crippen molar-refractivity contribution in [1.82, 2.24) is 15.1 Å². The first-order valence-corrected chi connectivity index (χ1v) is 9.13. The maximum absolute atomic E-state index is 12.0. The van der Waals surface area contributed by atoms with Crippen LogP contribution in [0.4, 0.5) is 5.69 Å². The molecular formula is C19H26N4O2S. The Balaban J connectivity index is 2.18. The standard InChI is InChI=1S/C19H26N4O2S/c1-5-6-11-20-19(26)21-17-13(2)22-23(14(17)3)12-15-9-7-8-10-16(15)18(24)25-4/h7-10H,5-6,11-12H2,1-4H3,(H2,20,21,26). The van der Waals surface area contributed by atoms with Crippen LogP contribution in [0.15, 0.2) is 24.3 Å². The highest BCUT2D eigenvalue weighted by Crippen LogP contribution is 2.21. The Morgan fingerprint density at radius 2 is 2.04 bits per heavy atom. The van der Waals surface area contributed by atoms with Gasteiger partial charge >= 0.3 is 5.97 Å². The molecule has 140 valence electrons. The third-order valence-corrected chi connectivity index (χ3v) is 4.43. The van der Waals surface area contributed by atoms with E-state index in [9.17, 15) is 4.79 Å². The molecule has 0 bridgehead atoms. The van der Waals surface area contributed by atoms with Crippen LogP contribution in [0, 0.1) is 13.8 Å². The molecule has 6 nitrogen and oxygen atoms in total. The molecule has 26 heavy (non-hydrogen) atoms. The topological polar surface area (TPSA) is 68.2 Å². The minimum atomic E-state index is -0.346. The van der Waals surface area contributed by atoms with Gasteiger partial charge in [-0.2, -0.15) is 5.10 Å².